The minimum absolute atomic E-state index is 0.0164. The Morgan fingerprint density at radius 2 is 1.72 bits per heavy atom. The first-order chi connectivity index (χ1) is 31.9. The highest BCUT2D eigenvalue weighted by Crippen LogP contribution is 2.52. The van der Waals surface area contributed by atoms with Crippen molar-refractivity contribution < 1.29 is 71.2 Å². The van der Waals surface area contributed by atoms with Crippen LogP contribution < -0.4 is 0 Å². The third-order valence-electron chi connectivity index (χ3n) is 13.2. The molecule has 1 aromatic carbocycles. The zero-order chi connectivity index (χ0) is 50.7. The van der Waals surface area contributed by atoms with E-state index in [0.717, 1.165) is 11.6 Å². The SMILES string of the molecule is C#CCOCCOCCc1cc(C2(C(F)(F)F)N=N2)ccc1C(=O)O[C@@H]1C[C@](O)([C@@H](C)[C@H](O)[C@H](C)[C@H]2OC(=O)/C(OC)=C/C(C)=C/[C@@H](C)[C@@H](O)[C@@H](C)C/C(C)=C/C=C/[C@@H]2OC)O[C@H](C(C)C)[C@H]1C. The number of aliphatic hydroxyl groups is 3. The van der Waals surface area contributed by atoms with Gasteiger partial charge < -0.3 is 48.5 Å². The molecule has 3 N–H and O–H groups in total. The summed E-state index contributed by atoms with van der Waals surface area (Å²) in [7, 11) is 2.77. The lowest BCUT2D eigenvalue weighted by atomic mass is 9.76. The van der Waals surface area contributed by atoms with Crippen molar-refractivity contribution in [3.05, 3.63) is 82.2 Å². The summed E-state index contributed by atoms with van der Waals surface area (Å²) in [4.78, 5) is 28.1. The standard InChI is InChI=1S/C51H71F3N2O12/c1-13-20-64-22-23-65-21-19-37-27-38(50(55-56-50)51(52,53)54)17-18-39(37)47(59)66-42-28-49(61,68-45(29(2)3)34(42)8)36(10)44(58)35(9)46-40(62-11)16-14-15-30(4)24-32(6)43(57)33(7)25-31(5)26-41(63-12)48(60)67-46/h1,14-18,25-27,29,32-36,40,42-46,57-58,61H,19-24,28H2,2-12H3/b16-14+,30-15+,31-25+,41-26-/t32-,33+,34-,35-,36-,40-,42+,43-,44+,45+,46+,49+/m0/s1. The molecule has 0 saturated carbocycles. The van der Waals surface area contributed by atoms with Crippen molar-refractivity contribution in [2.75, 3.05) is 40.6 Å². The Balaban J connectivity index is 1.66. The number of carbonyl (C=O) groups excluding carboxylic acids is 2. The van der Waals surface area contributed by atoms with Crippen LogP contribution in [0.15, 0.2) is 75.7 Å². The van der Waals surface area contributed by atoms with Gasteiger partial charge in [-0.2, -0.15) is 13.2 Å². The number of allylic oxidation sites excluding steroid dienone is 5. The minimum atomic E-state index is -4.81. The molecule has 3 aliphatic heterocycles. The zero-order valence-electron chi connectivity index (χ0n) is 41.1. The van der Waals surface area contributed by atoms with Crippen LogP contribution in [0.1, 0.15) is 96.6 Å². The number of carbonyl (C=O) groups is 2. The molecule has 0 spiro atoms. The number of aliphatic hydroxyl groups excluding tert-OH is 2. The maximum absolute atomic E-state index is 14.2. The van der Waals surface area contributed by atoms with Gasteiger partial charge >= 0.3 is 23.8 Å². The Morgan fingerprint density at radius 3 is 2.32 bits per heavy atom. The number of alkyl halides is 3. The number of esters is 2. The van der Waals surface area contributed by atoms with Crippen LogP contribution in [0.5, 0.6) is 0 Å². The average molecular weight is 961 g/mol. The topological polar surface area (TPSA) is 184 Å². The number of cyclic esters (lactones) is 1. The molecule has 0 amide bonds. The summed E-state index contributed by atoms with van der Waals surface area (Å²) in [6.07, 6.45) is 3.58. The fraction of sp³-hybridized carbons (Fsp3) is 0.647. The van der Waals surface area contributed by atoms with Crippen LogP contribution in [0.2, 0.25) is 0 Å². The van der Waals surface area contributed by atoms with Crippen molar-refractivity contribution in [3.8, 4) is 12.3 Å². The molecule has 3 aliphatic rings. The van der Waals surface area contributed by atoms with Crippen molar-refractivity contribution >= 4 is 11.9 Å². The van der Waals surface area contributed by atoms with Crippen LogP contribution >= 0.6 is 0 Å². The van der Waals surface area contributed by atoms with Gasteiger partial charge in [0, 0.05) is 42.8 Å². The van der Waals surface area contributed by atoms with Gasteiger partial charge in [0.15, 0.2) is 5.79 Å². The molecule has 0 bridgehead atoms. The molecule has 0 aliphatic carbocycles. The Bertz CT molecular complexity index is 2070. The Labute approximate surface area is 399 Å². The minimum Gasteiger partial charge on any atom is -0.490 e. The van der Waals surface area contributed by atoms with Gasteiger partial charge in [-0.05, 0) is 62.3 Å². The van der Waals surface area contributed by atoms with Gasteiger partial charge in [0.05, 0.1) is 50.8 Å². The van der Waals surface area contributed by atoms with Crippen molar-refractivity contribution in [1.82, 2.24) is 0 Å². The maximum Gasteiger partial charge on any atom is 0.442 e. The monoisotopic (exact) mass is 960 g/mol. The van der Waals surface area contributed by atoms with Crippen LogP contribution in [0.3, 0.4) is 0 Å². The molecule has 17 heteroatoms. The molecular formula is C51H71F3N2O12. The van der Waals surface area contributed by atoms with Crippen LogP contribution in [0, 0.1) is 47.9 Å². The van der Waals surface area contributed by atoms with Crippen LogP contribution in [0.25, 0.3) is 0 Å². The van der Waals surface area contributed by atoms with E-state index >= 15 is 0 Å². The van der Waals surface area contributed by atoms with Gasteiger partial charge in [-0.1, -0.05) is 95.9 Å². The van der Waals surface area contributed by atoms with Gasteiger partial charge in [0.1, 0.15) is 24.9 Å². The number of methoxy groups -OCH3 is 2. The quantitative estimate of drug-likeness (QED) is 0.0780. The average Bonchev–Trinajstić information content (AvgIpc) is 4.11. The lowest BCUT2D eigenvalue weighted by Crippen LogP contribution is -2.59. The molecule has 0 radical (unpaired) electrons. The summed E-state index contributed by atoms with van der Waals surface area (Å²) in [5.74, 6) is -4.68. The number of hydrogen-bond donors (Lipinski definition) is 3. The molecule has 3 heterocycles. The first kappa shape index (κ1) is 56.2. The molecule has 1 aromatic rings. The fourth-order valence-electron chi connectivity index (χ4n) is 9.06. The van der Waals surface area contributed by atoms with E-state index in [1.807, 2.05) is 46.8 Å². The van der Waals surface area contributed by atoms with E-state index < -0.39 is 83.9 Å². The largest absolute Gasteiger partial charge is 0.490 e. The van der Waals surface area contributed by atoms with Gasteiger partial charge in [0.25, 0.3) is 0 Å². The van der Waals surface area contributed by atoms with Crippen molar-refractivity contribution in [2.45, 2.75) is 136 Å². The number of halogens is 3. The second-order valence-corrected chi connectivity index (χ2v) is 18.8. The molecule has 68 heavy (non-hydrogen) atoms. The highest BCUT2D eigenvalue weighted by Gasteiger charge is 2.65. The summed E-state index contributed by atoms with van der Waals surface area (Å²) in [6.45, 7) is 16.8. The fourth-order valence-corrected chi connectivity index (χ4v) is 9.06. The van der Waals surface area contributed by atoms with E-state index in [-0.39, 0.29) is 79.5 Å². The van der Waals surface area contributed by atoms with E-state index in [9.17, 15) is 38.1 Å². The second-order valence-electron chi connectivity index (χ2n) is 18.8. The number of hydrogen-bond acceptors (Lipinski definition) is 14. The van der Waals surface area contributed by atoms with Crippen molar-refractivity contribution in [3.63, 3.8) is 0 Å². The lowest BCUT2D eigenvalue weighted by molar-refractivity contribution is -0.328. The number of rotatable bonds is 17. The second kappa shape index (κ2) is 24.4. The van der Waals surface area contributed by atoms with E-state index in [1.54, 1.807) is 39.8 Å². The van der Waals surface area contributed by atoms with Gasteiger partial charge in [-0.25, -0.2) is 9.59 Å². The lowest BCUT2D eigenvalue weighted by Gasteiger charge is -2.50. The van der Waals surface area contributed by atoms with E-state index in [1.165, 1.54) is 32.4 Å². The van der Waals surface area contributed by atoms with Crippen LogP contribution in [-0.2, 0) is 50.0 Å². The summed E-state index contributed by atoms with van der Waals surface area (Å²) < 4.78 is 83.2. The normalized spacial score (nSPS) is 32.2. The summed E-state index contributed by atoms with van der Waals surface area (Å²) in [6, 6.07) is 3.60. The first-order valence-corrected chi connectivity index (χ1v) is 23.2. The van der Waals surface area contributed by atoms with Crippen LogP contribution in [-0.4, -0.2) is 116 Å². The maximum atomic E-state index is 14.2. The van der Waals surface area contributed by atoms with E-state index in [4.69, 9.17) is 39.6 Å². The zero-order valence-corrected chi connectivity index (χ0v) is 41.1. The van der Waals surface area contributed by atoms with Gasteiger partial charge in [0.2, 0.25) is 5.76 Å². The van der Waals surface area contributed by atoms with Crippen molar-refractivity contribution in [2.24, 2.45) is 45.7 Å². The Hall–Kier alpha value is -4.41. The predicted octanol–water partition coefficient (Wildman–Crippen LogP) is 7.95. The molecule has 12 atom stereocenters. The molecule has 0 unspecified atom stereocenters. The van der Waals surface area contributed by atoms with E-state index in [2.05, 4.69) is 16.1 Å². The Kier molecular flexibility index (Phi) is 20.2. The van der Waals surface area contributed by atoms with Crippen molar-refractivity contribution in [1.29, 1.82) is 0 Å². The molecular weight excluding hydrogens is 890 g/mol. The molecule has 1 fully saturated rings. The highest BCUT2D eigenvalue weighted by atomic mass is 19.4. The third-order valence-corrected chi connectivity index (χ3v) is 13.2. The highest BCUT2D eigenvalue weighted by molar-refractivity contribution is 5.91. The van der Waals surface area contributed by atoms with Gasteiger partial charge in [-0.3, -0.25) is 0 Å². The van der Waals surface area contributed by atoms with Gasteiger partial charge in [-0.15, -0.1) is 16.7 Å². The molecule has 378 valence electrons. The molecule has 0 aromatic heterocycles. The molecule has 14 nitrogen and oxygen atoms in total. The number of nitrogens with zero attached hydrogens (tertiary/aromatic N) is 2. The number of ether oxygens (including phenoxy) is 7. The number of terminal acetylenes is 1. The summed E-state index contributed by atoms with van der Waals surface area (Å²) >= 11 is 0. The third kappa shape index (κ3) is 13.9. The summed E-state index contributed by atoms with van der Waals surface area (Å²) in [5.41, 5.74) is -1.19. The molecule has 1 saturated heterocycles. The molecule has 4 rings (SSSR count). The summed E-state index contributed by atoms with van der Waals surface area (Å²) in [5, 5.41) is 42.4. The number of benzene rings is 1. The smallest absolute Gasteiger partial charge is 0.442 e. The first-order valence-electron chi connectivity index (χ1n) is 23.2. The Morgan fingerprint density at radius 1 is 1.04 bits per heavy atom. The van der Waals surface area contributed by atoms with E-state index in [0.29, 0.717) is 12.0 Å². The predicted molar refractivity (Wildman–Crippen MR) is 247 cm³/mol. The van der Waals surface area contributed by atoms with Crippen LogP contribution in [0.4, 0.5) is 13.2 Å².